The van der Waals surface area contributed by atoms with Crippen LogP contribution < -0.4 is 14.8 Å². The number of carbonyl (C=O) groups is 1. The number of rotatable bonds is 4. The number of aromatic nitrogens is 2. The lowest BCUT2D eigenvalue weighted by molar-refractivity contribution is 0.102. The van der Waals surface area contributed by atoms with E-state index in [1.807, 2.05) is 30.3 Å². The van der Waals surface area contributed by atoms with E-state index in [1.165, 1.54) is 0 Å². The van der Waals surface area contributed by atoms with Crippen LogP contribution in [0.1, 0.15) is 10.4 Å². The first kappa shape index (κ1) is 16.2. The van der Waals surface area contributed by atoms with Crippen LogP contribution in [0.2, 0.25) is 0 Å². The molecule has 0 unspecified atom stereocenters. The van der Waals surface area contributed by atoms with Crippen molar-refractivity contribution < 1.29 is 18.7 Å². The van der Waals surface area contributed by atoms with E-state index in [9.17, 15) is 4.79 Å². The molecular weight excluding hydrogens is 358 g/mol. The Labute approximate surface area is 159 Å². The standard InChI is InChI=1S/C21H15N3O4/c25-21(14-8-9-15-17(11-14)28-12-27-15)22-20-18(13-5-2-1-3-6-13)23-24-19(20)16-7-4-10-26-16/h1-11H,12H2,(H,22,25)(H,23,24). The van der Waals surface area contributed by atoms with E-state index in [0.717, 1.165) is 5.56 Å². The number of carbonyl (C=O) groups excluding carboxylic acids is 1. The minimum atomic E-state index is -0.287. The third-order valence-electron chi connectivity index (χ3n) is 4.45. The summed E-state index contributed by atoms with van der Waals surface area (Å²) in [5, 5.41) is 10.3. The average Bonchev–Trinajstić information content (AvgIpc) is 3.48. The number of hydrogen-bond acceptors (Lipinski definition) is 5. The second-order valence-corrected chi connectivity index (χ2v) is 6.19. The molecule has 1 aliphatic heterocycles. The highest BCUT2D eigenvalue weighted by Gasteiger charge is 2.22. The van der Waals surface area contributed by atoms with Gasteiger partial charge < -0.3 is 19.2 Å². The Hall–Kier alpha value is -4.00. The number of hydrogen-bond donors (Lipinski definition) is 2. The number of nitrogens with zero attached hydrogens (tertiary/aromatic N) is 1. The van der Waals surface area contributed by atoms with Gasteiger partial charge in [-0.05, 0) is 30.3 Å². The lowest BCUT2D eigenvalue weighted by atomic mass is 10.1. The molecule has 4 aromatic rings. The SMILES string of the molecule is O=C(Nc1c(-c2ccccc2)n[nH]c1-c1ccco1)c1ccc2c(c1)OCO2. The highest BCUT2D eigenvalue weighted by atomic mass is 16.7. The van der Waals surface area contributed by atoms with Crippen molar-refractivity contribution >= 4 is 11.6 Å². The summed E-state index contributed by atoms with van der Waals surface area (Å²) in [5.74, 6) is 1.47. The molecule has 0 atom stereocenters. The highest BCUT2D eigenvalue weighted by molar-refractivity contribution is 6.08. The monoisotopic (exact) mass is 373 g/mol. The molecular formula is C21H15N3O4. The highest BCUT2D eigenvalue weighted by Crippen LogP contribution is 2.36. The minimum absolute atomic E-state index is 0.156. The molecule has 0 saturated carbocycles. The third kappa shape index (κ3) is 2.79. The van der Waals surface area contributed by atoms with Gasteiger partial charge in [-0.25, -0.2) is 0 Å². The van der Waals surface area contributed by atoms with Crippen LogP contribution in [0.3, 0.4) is 0 Å². The van der Waals surface area contributed by atoms with Gasteiger partial charge in [0.2, 0.25) is 6.79 Å². The maximum atomic E-state index is 12.9. The minimum Gasteiger partial charge on any atom is -0.463 e. The summed E-state index contributed by atoms with van der Waals surface area (Å²) in [5.41, 5.74) is 3.09. The number of aromatic amines is 1. The van der Waals surface area contributed by atoms with E-state index in [1.54, 1.807) is 36.6 Å². The van der Waals surface area contributed by atoms with Crippen LogP contribution in [0.4, 0.5) is 5.69 Å². The number of ether oxygens (including phenoxy) is 2. The van der Waals surface area contributed by atoms with Gasteiger partial charge >= 0.3 is 0 Å². The fourth-order valence-corrected chi connectivity index (χ4v) is 3.09. The summed E-state index contributed by atoms with van der Waals surface area (Å²) >= 11 is 0. The Morgan fingerprint density at radius 2 is 1.86 bits per heavy atom. The van der Waals surface area contributed by atoms with Gasteiger partial charge in [0.05, 0.1) is 12.0 Å². The molecule has 0 aliphatic carbocycles. The van der Waals surface area contributed by atoms with E-state index in [-0.39, 0.29) is 12.7 Å². The van der Waals surface area contributed by atoms with Gasteiger partial charge in [-0.1, -0.05) is 30.3 Å². The zero-order chi connectivity index (χ0) is 18.9. The predicted octanol–water partition coefficient (Wildman–Crippen LogP) is 4.32. The molecule has 3 heterocycles. The Morgan fingerprint density at radius 3 is 2.68 bits per heavy atom. The van der Waals surface area contributed by atoms with Gasteiger partial charge in [-0.3, -0.25) is 9.89 Å². The number of H-pyrrole nitrogens is 1. The number of anilines is 1. The first-order valence-corrected chi connectivity index (χ1v) is 8.68. The van der Waals surface area contributed by atoms with Gasteiger partial charge in [0.15, 0.2) is 17.3 Å². The number of amides is 1. The quantitative estimate of drug-likeness (QED) is 0.556. The summed E-state index contributed by atoms with van der Waals surface area (Å²) in [7, 11) is 0. The van der Waals surface area contributed by atoms with E-state index in [0.29, 0.717) is 39.9 Å². The molecule has 2 N–H and O–H groups in total. The van der Waals surface area contributed by atoms with Gasteiger partial charge in [0.25, 0.3) is 5.91 Å². The van der Waals surface area contributed by atoms with E-state index in [4.69, 9.17) is 13.9 Å². The van der Waals surface area contributed by atoms with Crippen molar-refractivity contribution in [2.24, 2.45) is 0 Å². The molecule has 0 saturated heterocycles. The molecule has 0 fully saturated rings. The Kier molecular flexibility index (Phi) is 3.83. The summed E-state index contributed by atoms with van der Waals surface area (Å²) in [6.07, 6.45) is 1.57. The van der Waals surface area contributed by atoms with Crippen molar-refractivity contribution in [3.63, 3.8) is 0 Å². The van der Waals surface area contributed by atoms with Crippen molar-refractivity contribution in [2.75, 3.05) is 12.1 Å². The smallest absolute Gasteiger partial charge is 0.255 e. The zero-order valence-electron chi connectivity index (χ0n) is 14.6. The first-order valence-electron chi connectivity index (χ1n) is 8.68. The maximum absolute atomic E-state index is 12.9. The summed E-state index contributed by atoms with van der Waals surface area (Å²) in [6.45, 7) is 0.156. The molecule has 5 rings (SSSR count). The molecule has 0 bridgehead atoms. The molecule has 2 aromatic carbocycles. The molecule has 2 aromatic heterocycles. The summed E-state index contributed by atoms with van der Waals surface area (Å²) in [4.78, 5) is 12.9. The van der Waals surface area contributed by atoms with Gasteiger partial charge in [0.1, 0.15) is 11.4 Å². The van der Waals surface area contributed by atoms with Crippen LogP contribution >= 0.6 is 0 Å². The van der Waals surface area contributed by atoms with Crippen LogP contribution in [-0.4, -0.2) is 22.9 Å². The maximum Gasteiger partial charge on any atom is 0.255 e. The van der Waals surface area contributed by atoms with E-state index < -0.39 is 0 Å². The van der Waals surface area contributed by atoms with Crippen molar-refractivity contribution in [3.8, 4) is 34.2 Å². The average molecular weight is 373 g/mol. The Bertz CT molecular complexity index is 1130. The lowest BCUT2D eigenvalue weighted by Crippen LogP contribution is -2.12. The number of fused-ring (bicyclic) bond motifs is 1. The largest absolute Gasteiger partial charge is 0.463 e. The Morgan fingerprint density at radius 1 is 1.00 bits per heavy atom. The summed E-state index contributed by atoms with van der Waals surface area (Å²) in [6, 6.07) is 18.3. The molecule has 0 radical (unpaired) electrons. The molecule has 28 heavy (non-hydrogen) atoms. The van der Waals surface area contributed by atoms with Gasteiger partial charge in [-0.15, -0.1) is 0 Å². The van der Waals surface area contributed by atoms with E-state index >= 15 is 0 Å². The number of benzene rings is 2. The van der Waals surface area contributed by atoms with E-state index in [2.05, 4.69) is 15.5 Å². The second-order valence-electron chi connectivity index (χ2n) is 6.19. The van der Waals surface area contributed by atoms with Gasteiger partial charge in [-0.2, -0.15) is 5.10 Å². The molecule has 1 amide bonds. The topological polar surface area (TPSA) is 89.4 Å². The second kappa shape index (κ2) is 6.62. The van der Waals surface area contributed by atoms with Crippen LogP contribution in [0.25, 0.3) is 22.7 Å². The first-order chi connectivity index (χ1) is 13.8. The molecule has 0 spiro atoms. The normalized spacial score (nSPS) is 12.1. The third-order valence-corrected chi connectivity index (χ3v) is 4.45. The molecule has 1 aliphatic rings. The summed E-state index contributed by atoms with van der Waals surface area (Å²) < 4.78 is 16.2. The predicted molar refractivity (Wildman–Crippen MR) is 102 cm³/mol. The Balaban J connectivity index is 1.54. The zero-order valence-corrected chi connectivity index (χ0v) is 14.6. The lowest BCUT2D eigenvalue weighted by Gasteiger charge is -2.08. The number of nitrogens with one attached hydrogen (secondary N) is 2. The van der Waals surface area contributed by atoms with Crippen LogP contribution in [0, 0.1) is 0 Å². The fraction of sp³-hybridized carbons (Fsp3) is 0.0476. The molecule has 138 valence electrons. The van der Waals surface area contributed by atoms with Crippen LogP contribution in [-0.2, 0) is 0 Å². The molecule has 7 nitrogen and oxygen atoms in total. The fourth-order valence-electron chi connectivity index (χ4n) is 3.09. The molecule has 7 heteroatoms. The van der Waals surface area contributed by atoms with Crippen molar-refractivity contribution in [3.05, 3.63) is 72.5 Å². The van der Waals surface area contributed by atoms with Crippen molar-refractivity contribution in [1.82, 2.24) is 10.2 Å². The number of furan rings is 1. The van der Waals surface area contributed by atoms with Crippen LogP contribution in [0.15, 0.2) is 71.3 Å². The van der Waals surface area contributed by atoms with Gasteiger partial charge in [0, 0.05) is 11.1 Å². The van der Waals surface area contributed by atoms with Crippen LogP contribution in [0.5, 0.6) is 11.5 Å². The van der Waals surface area contributed by atoms with Crippen molar-refractivity contribution in [1.29, 1.82) is 0 Å². The van der Waals surface area contributed by atoms with Crippen molar-refractivity contribution in [2.45, 2.75) is 0 Å².